The van der Waals surface area contributed by atoms with E-state index < -0.39 is 6.10 Å². The molecule has 0 saturated heterocycles. The van der Waals surface area contributed by atoms with Crippen molar-refractivity contribution in [1.29, 1.82) is 0 Å². The normalized spacial score (nSPS) is 11.8. The summed E-state index contributed by atoms with van der Waals surface area (Å²) < 4.78 is 27.2. The van der Waals surface area contributed by atoms with Crippen LogP contribution in [0.1, 0.15) is 33.9 Å². The van der Waals surface area contributed by atoms with Crippen molar-refractivity contribution in [3.8, 4) is 28.7 Å². The SMILES string of the molecule is COc1cc(/C=C/c2cc(OC)cc(OC)c2C(O)c2cc(C)cc(OC)c2)cc(OC)c1. The van der Waals surface area contributed by atoms with E-state index in [0.29, 0.717) is 39.9 Å². The lowest BCUT2D eigenvalue weighted by atomic mass is 9.93. The highest BCUT2D eigenvalue weighted by Gasteiger charge is 2.21. The molecule has 0 fully saturated rings. The van der Waals surface area contributed by atoms with Crippen molar-refractivity contribution in [2.45, 2.75) is 13.0 Å². The second-order valence-electron chi connectivity index (χ2n) is 7.50. The van der Waals surface area contributed by atoms with Crippen LogP contribution >= 0.6 is 0 Å². The minimum atomic E-state index is -0.945. The summed E-state index contributed by atoms with van der Waals surface area (Å²) in [5.74, 6) is 3.18. The van der Waals surface area contributed by atoms with Crippen molar-refractivity contribution in [1.82, 2.24) is 0 Å². The Balaban J connectivity index is 2.13. The standard InChI is InChI=1S/C27H30O6/c1-17-9-20(14-21(10-17)29-2)27(28)26-19(13-24(32-5)16-25(26)33-6)8-7-18-11-22(30-3)15-23(12-18)31-4/h7-16,27-28H,1-6H3/b8-7+. The van der Waals surface area contributed by atoms with Gasteiger partial charge < -0.3 is 28.8 Å². The molecule has 1 N–H and O–H groups in total. The molecule has 3 aromatic carbocycles. The molecule has 6 heteroatoms. The molecule has 0 aliphatic rings. The molecule has 0 bridgehead atoms. The van der Waals surface area contributed by atoms with Gasteiger partial charge in [0.15, 0.2) is 0 Å². The molecule has 33 heavy (non-hydrogen) atoms. The van der Waals surface area contributed by atoms with Crippen molar-refractivity contribution in [2.24, 2.45) is 0 Å². The predicted molar refractivity (Wildman–Crippen MR) is 130 cm³/mol. The Bertz CT molecular complexity index is 1110. The van der Waals surface area contributed by atoms with E-state index in [-0.39, 0.29) is 0 Å². The molecule has 0 radical (unpaired) electrons. The first-order valence-corrected chi connectivity index (χ1v) is 10.4. The smallest absolute Gasteiger partial charge is 0.129 e. The lowest BCUT2D eigenvalue weighted by Crippen LogP contribution is -2.06. The van der Waals surface area contributed by atoms with Crippen LogP contribution in [0.5, 0.6) is 28.7 Å². The fourth-order valence-electron chi connectivity index (χ4n) is 3.67. The Labute approximate surface area is 195 Å². The van der Waals surface area contributed by atoms with E-state index in [4.69, 9.17) is 23.7 Å². The summed E-state index contributed by atoms with van der Waals surface area (Å²) in [5, 5.41) is 11.4. The van der Waals surface area contributed by atoms with Gasteiger partial charge in [-0.1, -0.05) is 18.2 Å². The van der Waals surface area contributed by atoms with Crippen LogP contribution in [0.3, 0.4) is 0 Å². The second kappa shape index (κ2) is 10.8. The topological polar surface area (TPSA) is 66.4 Å². The van der Waals surface area contributed by atoms with Gasteiger partial charge in [-0.2, -0.15) is 0 Å². The summed E-state index contributed by atoms with van der Waals surface area (Å²) in [7, 11) is 7.99. The number of rotatable bonds is 9. The monoisotopic (exact) mass is 450 g/mol. The lowest BCUT2D eigenvalue weighted by molar-refractivity contribution is 0.213. The highest BCUT2D eigenvalue weighted by atomic mass is 16.5. The zero-order valence-corrected chi connectivity index (χ0v) is 19.8. The van der Waals surface area contributed by atoms with Gasteiger partial charge in [0.2, 0.25) is 0 Å². The summed E-state index contributed by atoms with van der Waals surface area (Å²) in [4.78, 5) is 0. The van der Waals surface area contributed by atoms with Crippen LogP contribution in [0.2, 0.25) is 0 Å². The molecule has 3 rings (SSSR count). The minimum Gasteiger partial charge on any atom is -0.497 e. The van der Waals surface area contributed by atoms with Gasteiger partial charge >= 0.3 is 0 Å². The molecule has 0 spiro atoms. The molecule has 0 aromatic heterocycles. The van der Waals surface area contributed by atoms with Crippen molar-refractivity contribution in [3.63, 3.8) is 0 Å². The Morgan fingerprint density at radius 2 is 1.21 bits per heavy atom. The van der Waals surface area contributed by atoms with E-state index in [2.05, 4.69) is 0 Å². The Morgan fingerprint density at radius 3 is 1.79 bits per heavy atom. The van der Waals surface area contributed by atoms with E-state index in [1.165, 1.54) is 0 Å². The molecule has 0 aliphatic carbocycles. The first-order chi connectivity index (χ1) is 15.9. The van der Waals surface area contributed by atoms with Gasteiger partial charge in [0.25, 0.3) is 0 Å². The molecule has 0 aliphatic heterocycles. The van der Waals surface area contributed by atoms with Crippen molar-refractivity contribution < 1.29 is 28.8 Å². The largest absolute Gasteiger partial charge is 0.497 e. The fourth-order valence-corrected chi connectivity index (χ4v) is 3.67. The molecule has 0 amide bonds. The Morgan fingerprint density at radius 1 is 0.636 bits per heavy atom. The first kappa shape index (κ1) is 24.0. The van der Waals surface area contributed by atoms with Crippen LogP contribution in [0.25, 0.3) is 12.2 Å². The van der Waals surface area contributed by atoms with Crippen LogP contribution in [-0.4, -0.2) is 40.7 Å². The van der Waals surface area contributed by atoms with Gasteiger partial charge in [-0.25, -0.2) is 0 Å². The molecule has 174 valence electrons. The third-order valence-corrected chi connectivity index (χ3v) is 5.33. The molecular formula is C27H30O6. The van der Waals surface area contributed by atoms with E-state index >= 15 is 0 Å². The van der Waals surface area contributed by atoms with Crippen LogP contribution in [0.15, 0.2) is 48.5 Å². The summed E-state index contributed by atoms with van der Waals surface area (Å²) in [5.41, 5.74) is 3.94. The van der Waals surface area contributed by atoms with Gasteiger partial charge in [0, 0.05) is 17.7 Å². The van der Waals surface area contributed by atoms with Crippen LogP contribution in [0.4, 0.5) is 0 Å². The van der Waals surface area contributed by atoms with Crippen LogP contribution in [-0.2, 0) is 0 Å². The predicted octanol–water partition coefficient (Wildman–Crippen LogP) is 5.29. The third-order valence-electron chi connectivity index (χ3n) is 5.33. The van der Waals surface area contributed by atoms with Gasteiger partial charge in [-0.15, -0.1) is 0 Å². The highest BCUT2D eigenvalue weighted by Crippen LogP contribution is 2.38. The molecule has 0 heterocycles. The number of benzene rings is 3. The number of hydrogen-bond acceptors (Lipinski definition) is 6. The Kier molecular flexibility index (Phi) is 7.85. The van der Waals surface area contributed by atoms with E-state index in [1.807, 2.05) is 61.5 Å². The molecular weight excluding hydrogens is 420 g/mol. The number of ether oxygens (including phenoxy) is 5. The first-order valence-electron chi connectivity index (χ1n) is 10.4. The quantitative estimate of drug-likeness (QED) is 0.447. The minimum absolute atomic E-state index is 0.519. The van der Waals surface area contributed by atoms with E-state index in [0.717, 1.165) is 16.7 Å². The molecule has 1 unspecified atom stereocenters. The number of aryl methyl sites for hydroxylation is 1. The average molecular weight is 451 g/mol. The number of aliphatic hydroxyl groups excluding tert-OH is 1. The van der Waals surface area contributed by atoms with Crippen molar-refractivity contribution >= 4 is 12.2 Å². The van der Waals surface area contributed by atoms with E-state index in [1.54, 1.807) is 41.6 Å². The molecule has 6 nitrogen and oxygen atoms in total. The molecule has 1 atom stereocenters. The van der Waals surface area contributed by atoms with Crippen LogP contribution < -0.4 is 23.7 Å². The van der Waals surface area contributed by atoms with Crippen LogP contribution in [0, 0.1) is 6.92 Å². The molecule has 3 aromatic rings. The maximum absolute atomic E-state index is 11.4. The van der Waals surface area contributed by atoms with Crippen molar-refractivity contribution in [2.75, 3.05) is 35.5 Å². The number of hydrogen-bond donors (Lipinski definition) is 1. The zero-order valence-electron chi connectivity index (χ0n) is 19.8. The lowest BCUT2D eigenvalue weighted by Gasteiger charge is -2.20. The molecule has 0 saturated carbocycles. The fraction of sp³-hybridized carbons (Fsp3) is 0.259. The number of aliphatic hydroxyl groups is 1. The van der Waals surface area contributed by atoms with Gasteiger partial charge in [0.1, 0.15) is 34.9 Å². The summed E-state index contributed by atoms with van der Waals surface area (Å²) in [6.07, 6.45) is 2.89. The zero-order chi connectivity index (χ0) is 24.0. The maximum atomic E-state index is 11.4. The summed E-state index contributed by atoms with van der Waals surface area (Å²) in [6.45, 7) is 1.96. The summed E-state index contributed by atoms with van der Waals surface area (Å²) in [6, 6.07) is 14.9. The van der Waals surface area contributed by atoms with Gasteiger partial charge in [-0.3, -0.25) is 0 Å². The van der Waals surface area contributed by atoms with Crippen molar-refractivity contribution in [3.05, 3.63) is 76.3 Å². The maximum Gasteiger partial charge on any atom is 0.129 e. The highest BCUT2D eigenvalue weighted by molar-refractivity contribution is 5.75. The van der Waals surface area contributed by atoms with Gasteiger partial charge in [-0.05, 0) is 59.5 Å². The van der Waals surface area contributed by atoms with E-state index in [9.17, 15) is 5.11 Å². The number of methoxy groups -OCH3 is 5. The second-order valence-corrected chi connectivity index (χ2v) is 7.50. The average Bonchev–Trinajstić information content (AvgIpc) is 2.85. The summed E-state index contributed by atoms with van der Waals surface area (Å²) >= 11 is 0. The van der Waals surface area contributed by atoms with Gasteiger partial charge in [0.05, 0.1) is 35.5 Å². The Hall–Kier alpha value is -3.64. The third kappa shape index (κ3) is 5.59.